The summed E-state index contributed by atoms with van der Waals surface area (Å²) in [7, 11) is 0. The molecule has 5 heteroatoms. The number of aliphatic carboxylic acids is 1. The van der Waals surface area contributed by atoms with E-state index < -0.39 is 5.97 Å². The van der Waals surface area contributed by atoms with Crippen LogP contribution in [0.3, 0.4) is 0 Å². The van der Waals surface area contributed by atoms with Gasteiger partial charge in [0, 0.05) is 6.42 Å². The van der Waals surface area contributed by atoms with E-state index in [1.54, 1.807) is 12.1 Å². The van der Waals surface area contributed by atoms with Crippen molar-refractivity contribution in [1.29, 1.82) is 5.26 Å². The van der Waals surface area contributed by atoms with Crippen LogP contribution in [0.2, 0.25) is 0 Å². The van der Waals surface area contributed by atoms with Gasteiger partial charge in [-0.25, -0.2) is 0 Å². The monoisotopic (exact) mass is 208 g/mol. The Bertz CT molecular complexity index is 365. The van der Waals surface area contributed by atoms with Gasteiger partial charge < -0.3 is 14.8 Å². The number of hydrogen-bond acceptors (Lipinski definition) is 4. The van der Waals surface area contributed by atoms with Crippen molar-refractivity contribution in [3.8, 4) is 6.07 Å². The maximum atomic E-state index is 10.2. The van der Waals surface area contributed by atoms with Crippen LogP contribution in [0.25, 0.3) is 0 Å². The molecule has 0 saturated heterocycles. The lowest BCUT2D eigenvalue weighted by molar-refractivity contribution is -0.137. The third-order valence-electron chi connectivity index (χ3n) is 1.82. The van der Waals surface area contributed by atoms with Crippen molar-refractivity contribution in [2.45, 2.75) is 19.4 Å². The Morgan fingerprint density at radius 3 is 3.00 bits per heavy atom. The van der Waals surface area contributed by atoms with Gasteiger partial charge in [-0.1, -0.05) is 0 Å². The molecule has 15 heavy (non-hydrogen) atoms. The maximum absolute atomic E-state index is 10.2. The zero-order chi connectivity index (χ0) is 11.1. The number of nitrogens with zero attached hydrogens (tertiary/aromatic N) is 1. The fourth-order valence-corrected chi connectivity index (χ4v) is 1.11. The average molecular weight is 208 g/mol. The van der Waals surface area contributed by atoms with Gasteiger partial charge in [-0.3, -0.25) is 4.79 Å². The van der Waals surface area contributed by atoms with Crippen LogP contribution in [0.5, 0.6) is 0 Å². The molecule has 1 heterocycles. The predicted octanol–water partition coefficient (Wildman–Crippen LogP) is 1.11. The van der Waals surface area contributed by atoms with Crippen molar-refractivity contribution < 1.29 is 14.3 Å². The molecule has 80 valence electrons. The Kier molecular flexibility index (Phi) is 4.38. The summed E-state index contributed by atoms with van der Waals surface area (Å²) >= 11 is 0. The van der Waals surface area contributed by atoms with Gasteiger partial charge in [0.05, 0.1) is 6.54 Å². The molecule has 0 aromatic carbocycles. The highest BCUT2D eigenvalue weighted by molar-refractivity contribution is 5.66. The summed E-state index contributed by atoms with van der Waals surface area (Å²) in [5, 5.41) is 19.9. The van der Waals surface area contributed by atoms with E-state index in [0.29, 0.717) is 25.3 Å². The molecule has 0 atom stereocenters. The molecule has 0 aliphatic heterocycles. The Hall–Kier alpha value is -1.80. The Morgan fingerprint density at radius 2 is 2.40 bits per heavy atom. The van der Waals surface area contributed by atoms with Gasteiger partial charge in [0.1, 0.15) is 11.8 Å². The minimum Gasteiger partial charge on any atom is -0.481 e. The number of nitrogens with one attached hydrogen (secondary N) is 1. The van der Waals surface area contributed by atoms with Crippen LogP contribution in [0.4, 0.5) is 0 Å². The molecule has 0 bridgehead atoms. The van der Waals surface area contributed by atoms with E-state index in [1.165, 1.54) is 0 Å². The topological polar surface area (TPSA) is 86.3 Å². The van der Waals surface area contributed by atoms with E-state index >= 15 is 0 Å². The molecule has 0 spiro atoms. The average Bonchev–Trinajstić information content (AvgIpc) is 2.65. The van der Waals surface area contributed by atoms with Gasteiger partial charge in [0.2, 0.25) is 5.76 Å². The van der Waals surface area contributed by atoms with Crippen molar-refractivity contribution in [3.63, 3.8) is 0 Å². The fourth-order valence-electron chi connectivity index (χ4n) is 1.11. The van der Waals surface area contributed by atoms with Crippen LogP contribution in [0.1, 0.15) is 24.4 Å². The second kappa shape index (κ2) is 5.83. The first-order chi connectivity index (χ1) is 7.22. The first-order valence-electron chi connectivity index (χ1n) is 4.63. The second-order valence-electron chi connectivity index (χ2n) is 3.05. The molecule has 5 nitrogen and oxygen atoms in total. The molecule has 0 radical (unpaired) electrons. The number of rotatable bonds is 6. The molecule has 1 rings (SSSR count). The third-order valence-corrected chi connectivity index (χ3v) is 1.82. The SMILES string of the molecule is N#Cc1ccc(CNCCCC(=O)O)o1. The van der Waals surface area contributed by atoms with Crippen LogP contribution in [-0.4, -0.2) is 17.6 Å². The van der Waals surface area contributed by atoms with Gasteiger partial charge >= 0.3 is 5.97 Å². The summed E-state index contributed by atoms with van der Waals surface area (Å²) in [4.78, 5) is 10.2. The lowest BCUT2D eigenvalue weighted by Crippen LogP contribution is -2.15. The molecule has 0 amide bonds. The first-order valence-corrected chi connectivity index (χ1v) is 4.63. The zero-order valence-corrected chi connectivity index (χ0v) is 8.19. The summed E-state index contributed by atoms with van der Waals surface area (Å²) in [6.45, 7) is 1.14. The largest absolute Gasteiger partial charge is 0.481 e. The number of carboxylic acids is 1. The quantitative estimate of drug-likeness (QED) is 0.684. The van der Waals surface area contributed by atoms with Crippen LogP contribution in [0, 0.1) is 11.3 Å². The smallest absolute Gasteiger partial charge is 0.303 e. The summed E-state index contributed by atoms with van der Waals surface area (Å²) < 4.78 is 5.12. The first kappa shape index (κ1) is 11.3. The van der Waals surface area contributed by atoms with Gasteiger partial charge in [0.15, 0.2) is 0 Å². The van der Waals surface area contributed by atoms with Crippen LogP contribution in [-0.2, 0) is 11.3 Å². The summed E-state index contributed by atoms with van der Waals surface area (Å²) in [5.74, 6) is 0.181. The number of furan rings is 1. The highest BCUT2D eigenvalue weighted by Crippen LogP contribution is 2.05. The van der Waals surface area contributed by atoms with Crippen molar-refractivity contribution in [3.05, 3.63) is 23.7 Å². The lowest BCUT2D eigenvalue weighted by Gasteiger charge is -2.00. The maximum Gasteiger partial charge on any atom is 0.303 e. The van der Waals surface area contributed by atoms with Crippen LogP contribution in [0.15, 0.2) is 16.5 Å². The number of carboxylic acid groups (broad SMARTS) is 1. The van der Waals surface area contributed by atoms with Crippen LogP contribution >= 0.6 is 0 Å². The molecule has 0 saturated carbocycles. The molecule has 2 N–H and O–H groups in total. The lowest BCUT2D eigenvalue weighted by atomic mass is 10.3. The molecule has 1 aromatic heterocycles. The molecule has 0 fully saturated rings. The highest BCUT2D eigenvalue weighted by Gasteiger charge is 2.00. The van der Waals surface area contributed by atoms with Crippen molar-refractivity contribution in [2.24, 2.45) is 0 Å². The molecule has 0 unspecified atom stereocenters. The minimum absolute atomic E-state index is 0.161. The third kappa shape index (κ3) is 4.29. The second-order valence-corrected chi connectivity index (χ2v) is 3.05. The van der Waals surface area contributed by atoms with Gasteiger partial charge in [-0.05, 0) is 25.1 Å². The fraction of sp³-hybridized carbons (Fsp3) is 0.400. The van der Waals surface area contributed by atoms with Crippen molar-refractivity contribution in [2.75, 3.05) is 6.54 Å². The number of carbonyl (C=O) groups is 1. The Balaban J connectivity index is 2.15. The Morgan fingerprint density at radius 1 is 1.60 bits per heavy atom. The van der Waals surface area contributed by atoms with E-state index in [9.17, 15) is 4.79 Å². The molecule has 0 aliphatic carbocycles. The summed E-state index contributed by atoms with van der Waals surface area (Å²) in [6, 6.07) is 5.22. The number of hydrogen-bond donors (Lipinski definition) is 2. The van der Waals surface area contributed by atoms with Gasteiger partial charge in [-0.2, -0.15) is 5.26 Å². The molecule has 0 aliphatic rings. The minimum atomic E-state index is -0.790. The van der Waals surface area contributed by atoms with E-state index in [4.69, 9.17) is 14.8 Å². The van der Waals surface area contributed by atoms with Crippen molar-refractivity contribution in [1.82, 2.24) is 5.32 Å². The van der Waals surface area contributed by atoms with E-state index in [1.807, 2.05) is 6.07 Å². The van der Waals surface area contributed by atoms with E-state index in [0.717, 1.165) is 0 Å². The normalized spacial score (nSPS) is 9.80. The predicted molar refractivity (Wildman–Crippen MR) is 52.0 cm³/mol. The van der Waals surface area contributed by atoms with Gasteiger partial charge in [0.25, 0.3) is 0 Å². The van der Waals surface area contributed by atoms with E-state index in [-0.39, 0.29) is 12.2 Å². The standard InChI is InChI=1S/C10H12N2O3/c11-6-8-3-4-9(15-8)7-12-5-1-2-10(13)14/h3-4,12H,1-2,5,7H2,(H,13,14). The molecule has 1 aromatic rings. The Labute approximate surface area is 87.3 Å². The molecular formula is C10H12N2O3. The molecular weight excluding hydrogens is 196 g/mol. The highest BCUT2D eigenvalue weighted by atomic mass is 16.4. The number of nitriles is 1. The van der Waals surface area contributed by atoms with Gasteiger partial charge in [-0.15, -0.1) is 0 Å². The zero-order valence-electron chi connectivity index (χ0n) is 8.19. The van der Waals surface area contributed by atoms with E-state index in [2.05, 4.69) is 5.32 Å². The summed E-state index contributed by atoms with van der Waals surface area (Å²) in [6.07, 6.45) is 0.746. The summed E-state index contributed by atoms with van der Waals surface area (Å²) in [5.41, 5.74) is 0. The van der Waals surface area contributed by atoms with Crippen molar-refractivity contribution >= 4 is 5.97 Å². The van der Waals surface area contributed by atoms with Crippen LogP contribution < -0.4 is 5.32 Å².